The number of aromatic amines is 1. The molecule has 13 heteroatoms. The summed E-state index contributed by atoms with van der Waals surface area (Å²) in [6.45, 7) is 2.73. The van der Waals surface area contributed by atoms with E-state index in [9.17, 15) is 35.9 Å². The predicted molar refractivity (Wildman–Crippen MR) is 157 cm³/mol. The zero-order chi connectivity index (χ0) is 30.8. The van der Waals surface area contributed by atoms with E-state index in [1.807, 2.05) is 24.3 Å². The van der Waals surface area contributed by atoms with Gasteiger partial charge in [-0.1, -0.05) is 18.2 Å². The van der Waals surface area contributed by atoms with Gasteiger partial charge < -0.3 is 20.5 Å². The van der Waals surface area contributed by atoms with Gasteiger partial charge in [-0.2, -0.15) is 26.3 Å². The van der Waals surface area contributed by atoms with Crippen molar-refractivity contribution in [3.63, 3.8) is 0 Å². The summed E-state index contributed by atoms with van der Waals surface area (Å²) in [5.41, 5.74) is -1.37. The van der Waals surface area contributed by atoms with Crippen molar-refractivity contribution in [2.75, 3.05) is 19.6 Å². The van der Waals surface area contributed by atoms with Gasteiger partial charge in [0.15, 0.2) is 5.78 Å². The monoisotopic (exact) mass is 644 g/mol. The largest absolute Gasteiger partial charge is 0.416 e. The number of urea groups is 1. The molecule has 2 amide bonds. The van der Waals surface area contributed by atoms with Crippen molar-refractivity contribution in [1.82, 2.24) is 20.5 Å². The lowest BCUT2D eigenvalue weighted by atomic mass is 9.80. The van der Waals surface area contributed by atoms with Crippen molar-refractivity contribution in [2.45, 2.75) is 75.3 Å². The number of fused-ring (bicyclic) bond motifs is 4. The first-order valence-electron chi connectivity index (χ1n) is 14.5. The number of ketones is 1. The van der Waals surface area contributed by atoms with Crippen LogP contribution >= 0.6 is 12.4 Å². The van der Waals surface area contributed by atoms with E-state index >= 15 is 0 Å². The van der Waals surface area contributed by atoms with Crippen LogP contribution in [0.2, 0.25) is 0 Å². The van der Waals surface area contributed by atoms with E-state index < -0.39 is 35.6 Å². The number of alkyl halides is 6. The Hall–Kier alpha value is -3.25. The average molecular weight is 645 g/mol. The van der Waals surface area contributed by atoms with Crippen molar-refractivity contribution in [2.24, 2.45) is 0 Å². The van der Waals surface area contributed by atoms with Crippen LogP contribution in [0.5, 0.6) is 0 Å². The lowest BCUT2D eigenvalue weighted by Crippen LogP contribution is -2.63. The summed E-state index contributed by atoms with van der Waals surface area (Å²) in [6, 6.07) is 7.86. The van der Waals surface area contributed by atoms with Crippen molar-refractivity contribution >= 4 is 35.1 Å². The van der Waals surface area contributed by atoms with Crippen LogP contribution in [0.1, 0.15) is 60.8 Å². The van der Waals surface area contributed by atoms with Gasteiger partial charge in [0, 0.05) is 55.1 Å². The van der Waals surface area contributed by atoms with Crippen LogP contribution in [-0.4, -0.2) is 52.9 Å². The van der Waals surface area contributed by atoms with Crippen LogP contribution in [0.25, 0.3) is 10.9 Å². The zero-order valence-corrected chi connectivity index (χ0v) is 24.7. The van der Waals surface area contributed by atoms with Gasteiger partial charge in [0.1, 0.15) is 0 Å². The van der Waals surface area contributed by atoms with Gasteiger partial charge in [-0.3, -0.25) is 4.79 Å². The highest BCUT2D eigenvalue weighted by Crippen LogP contribution is 2.37. The Morgan fingerprint density at radius 3 is 2.14 bits per heavy atom. The summed E-state index contributed by atoms with van der Waals surface area (Å²) >= 11 is 0. The fourth-order valence-electron chi connectivity index (χ4n) is 6.18. The maximum Gasteiger partial charge on any atom is 0.416 e. The number of nitrogens with zero attached hydrogens (tertiary/aromatic N) is 1. The molecule has 3 N–H and O–H groups in total. The SMILES string of the molecule is Cl.O=C(NC(Cc1c[nH]c2ccccc12)C(=O)CCCCc1cc(C(F)(F)F)cc(C(F)(F)F)c1)NC12CCN(CC1)CC2. The standard InChI is InChI=1S/C31H34F6N4O2.ClH/c32-30(33,34)22-15-20(16-23(18-22)31(35,36)37)5-1-4-8-27(42)26(17-21-19-38-25-7-3-2-6-24(21)25)39-28(43)40-29-9-12-41(13-10-29)14-11-29;/h2-3,6-7,15-16,18-19,26,38H,1,4-5,8-14,17H2,(H2,39,40,43);1H. The second-order valence-electron chi connectivity index (χ2n) is 11.7. The zero-order valence-electron chi connectivity index (χ0n) is 23.9. The number of hydrogen-bond acceptors (Lipinski definition) is 3. The number of hydrogen-bond donors (Lipinski definition) is 3. The quantitative estimate of drug-likeness (QED) is 0.163. The third-order valence-electron chi connectivity index (χ3n) is 8.68. The number of aryl methyl sites for hydroxylation is 1. The Morgan fingerprint density at radius 1 is 0.909 bits per heavy atom. The molecule has 1 atom stereocenters. The highest BCUT2D eigenvalue weighted by Gasteiger charge is 2.41. The molecular weight excluding hydrogens is 610 g/mol. The van der Waals surface area contributed by atoms with E-state index in [-0.39, 0.29) is 67.5 Å². The predicted octanol–water partition coefficient (Wildman–Crippen LogP) is 7.06. The van der Waals surface area contributed by atoms with Gasteiger partial charge in [0.25, 0.3) is 0 Å². The van der Waals surface area contributed by atoms with Crippen LogP contribution in [0.3, 0.4) is 0 Å². The molecule has 44 heavy (non-hydrogen) atoms. The molecule has 0 spiro atoms. The van der Waals surface area contributed by atoms with E-state index in [1.54, 1.807) is 6.20 Å². The Balaban J connectivity index is 0.00000442. The summed E-state index contributed by atoms with van der Waals surface area (Å²) in [7, 11) is 0. The molecule has 3 aromatic rings. The number of benzene rings is 2. The topological polar surface area (TPSA) is 77.2 Å². The van der Waals surface area contributed by atoms with Gasteiger partial charge in [0.2, 0.25) is 0 Å². The van der Waals surface area contributed by atoms with Crippen molar-refractivity contribution in [3.05, 3.63) is 70.9 Å². The third-order valence-corrected chi connectivity index (χ3v) is 8.68. The van der Waals surface area contributed by atoms with E-state index in [0.29, 0.717) is 0 Å². The molecule has 3 aliphatic rings. The molecule has 1 aromatic heterocycles. The maximum absolute atomic E-state index is 13.4. The van der Waals surface area contributed by atoms with Gasteiger partial charge in [-0.15, -0.1) is 12.4 Å². The Labute approximate surface area is 257 Å². The number of halogens is 7. The summed E-state index contributed by atoms with van der Waals surface area (Å²) in [5, 5.41) is 6.92. The maximum atomic E-state index is 13.4. The number of unbranched alkanes of at least 4 members (excludes halogenated alkanes) is 1. The number of nitrogens with one attached hydrogen (secondary N) is 3. The Morgan fingerprint density at radius 2 is 1.52 bits per heavy atom. The second kappa shape index (κ2) is 13.4. The van der Waals surface area contributed by atoms with Crippen LogP contribution in [0.4, 0.5) is 31.1 Å². The number of piperidine rings is 3. The normalized spacial score (nSPS) is 20.6. The number of H-pyrrole nitrogens is 1. The molecule has 0 aliphatic carbocycles. The number of Topliss-reactive ketones (excluding diaryl/α,β-unsaturated/α-hetero) is 1. The summed E-state index contributed by atoms with van der Waals surface area (Å²) in [5.74, 6) is -0.253. The Kier molecular flexibility index (Phi) is 10.2. The molecule has 3 saturated heterocycles. The number of aromatic nitrogens is 1. The smallest absolute Gasteiger partial charge is 0.361 e. The van der Waals surface area contributed by atoms with E-state index in [2.05, 4.69) is 20.5 Å². The molecule has 240 valence electrons. The highest BCUT2D eigenvalue weighted by atomic mass is 35.5. The second-order valence-corrected chi connectivity index (χ2v) is 11.7. The van der Waals surface area contributed by atoms with Crippen LogP contribution in [0.15, 0.2) is 48.7 Å². The van der Waals surface area contributed by atoms with Crippen molar-refractivity contribution in [3.8, 4) is 0 Å². The molecule has 6 rings (SSSR count). The molecule has 4 heterocycles. The number of amides is 2. The number of para-hydroxylation sites is 1. The highest BCUT2D eigenvalue weighted by molar-refractivity contribution is 5.90. The molecule has 0 saturated carbocycles. The first kappa shape index (κ1) is 33.6. The van der Waals surface area contributed by atoms with E-state index in [1.165, 1.54) is 0 Å². The molecule has 2 aromatic carbocycles. The molecule has 3 fully saturated rings. The minimum atomic E-state index is -4.91. The third kappa shape index (κ3) is 8.06. The van der Waals surface area contributed by atoms with Gasteiger partial charge in [-0.25, -0.2) is 4.79 Å². The molecular formula is C31H35ClF6N4O2. The minimum absolute atomic E-state index is 0. The van der Waals surface area contributed by atoms with Crippen LogP contribution < -0.4 is 10.6 Å². The Bertz CT molecular complexity index is 1420. The first-order chi connectivity index (χ1) is 20.3. The van der Waals surface area contributed by atoms with Crippen LogP contribution in [-0.2, 0) is 30.0 Å². The lowest BCUT2D eigenvalue weighted by molar-refractivity contribution is -0.143. The number of carbonyl (C=O) groups excluding carboxylic acids is 2. The van der Waals surface area contributed by atoms with Crippen LogP contribution in [0, 0.1) is 0 Å². The van der Waals surface area contributed by atoms with Crippen molar-refractivity contribution < 1.29 is 35.9 Å². The van der Waals surface area contributed by atoms with E-state index in [0.717, 1.165) is 67.5 Å². The molecule has 0 radical (unpaired) electrons. The number of carbonyl (C=O) groups is 2. The minimum Gasteiger partial charge on any atom is -0.361 e. The first-order valence-corrected chi connectivity index (χ1v) is 14.5. The molecule has 6 nitrogen and oxygen atoms in total. The van der Waals surface area contributed by atoms with Gasteiger partial charge >= 0.3 is 18.4 Å². The number of rotatable bonds is 10. The fourth-order valence-corrected chi connectivity index (χ4v) is 6.18. The summed E-state index contributed by atoms with van der Waals surface area (Å²) < 4.78 is 79.3. The molecule has 3 aliphatic heterocycles. The van der Waals surface area contributed by atoms with Gasteiger partial charge in [-0.05, 0) is 73.9 Å². The van der Waals surface area contributed by atoms with Crippen molar-refractivity contribution in [1.29, 1.82) is 0 Å². The average Bonchev–Trinajstić information content (AvgIpc) is 3.37. The van der Waals surface area contributed by atoms with E-state index in [4.69, 9.17) is 0 Å². The summed E-state index contributed by atoms with van der Waals surface area (Å²) in [4.78, 5) is 32.1. The van der Waals surface area contributed by atoms with Gasteiger partial charge in [0.05, 0.1) is 17.2 Å². The summed E-state index contributed by atoms with van der Waals surface area (Å²) in [6.07, 6.45) is -4.87. The lowest BCUT2D eigenvalue weighted by Gasteiger charge is -2.48. The molecule has 1 unspecified atom stereocenters. The molecule has 2 bridgehead atoms. The fraction of sp³-hybridized carbons (Fsp3) is 0.484.